The predicted octanol–water partition coefficient (Wildman–Crippen LogP) is 1.68. The van der Waals surface area contributed by atoms with E-state index in [0.717, 1.165) is 5.56 Å². The predicted molar refractivity (Wildman–Crippen MR) is 76.1 cm³/mol. The van der Waals surface area contributed by atoms with E-state index in [0.29, 0.717) is 32.5 Å². The van der Waals surface area contributed by atoms with Crippen LogP contribution in [0.5, 0.6) is 0 Å². The van der Waals surface area contributed by atoms with Gasteiger partial charge >= 0.3 is 0 Å². The highest BCUT2D eigenvalue weighted by atomic mass is 16.5. The lowest BCUT2D eigenvalue weighted by Crippen LogP contribution is -2.50. The number of morpholine rings is 1. The Labute approximate surface area is 120 Å². The van der Waals surface area contributed by atoms with Gasteiger partial charge in [0.05, 0.1) is 12.7 Å². The Morgan fingerprint density at radius 3 is 2.75 bits per heavy atom. The van der Waals surface area contributed by atoms with Crippen molar-refractivity contribution >= 4 is 5.91 Å². The zero-order chi connectivity index (χ0) is 14.6. The molecule has 0 aliphatic carbocycles. The first-order chi connectivity index (χ1) is 9.47. The fraction of sp³-hybridized carbons (Fsp3) is 0.667. The molecule has 0 N–H and O–H groups in total. The summed E-state index contributed by atoms with van der Waals surface area (Å²) in [6.07, 6.45) is 6.33. The van der Waals surface area contributed by atoms with E-state index in [4.69, 9.17) is 4.74 Å². The van der Waals surface area contributed by atoms with Crippen molar-refractivity contribution in [1.82, 2.24) is 14.9 Å². The number of rotatable bonds is 3. The summed E-state index contributed by atoms with van der Waals surface area (Å²) in [5.41, 5.74) is 1.06. The first-order valence-electron chi connectivity index (χ1n) is 7.10. The van der Waals surface area contributed by atoms with E-state index in [9.17, 15) is 4.79 Å². The maximum Gasteiger partial charge on any atom is 0.223 e. The molecule has 2 rings (SSSR count). The number of hydrogen-bond acceptors (Lipinski definition) is 4. The number of carbonyl (C=O) groups excluding carboxylic acids is 1. The molecule has 5 heteroatoms. The highest BCUT2D eigenvalue weighted by molar-refractivity contribution is 5.76. The van der Waals surface area contributed by atoms with Crippen molar-refractivity contribution in [3.05, 3.63) is 24.3 Å². The molecule has 0 radical (unpaired) electrons. The van der Waals surface area contributed by atoms with E-state index in [1.807, 2.05) is 4.90 Å². The zero-order valence-electron chi connectivity index (χ0n) is 12.5. The van der Waals surface area contributed by atoms with E-state index in [1.165, 1.54) is 6.33 Å². The second kappa shape index (κ2) is 6.31. The summed E-state index contributed by atoms with van der Waals surface area (Å²) < 4.78 is 5.77. The van der Waals surface area contributed by atoms with Crippen molar-refractivity contribution in [2.75, 3.05) is 19.7 Å². The molecule has 2 heterocycles. The Morgan fingerprint density at radius 2 is 2.10 bits per heavy atom. The summed E-state index contributed by atoms with van der Waals surface area (Å²) in [5, 5.41) is 0. The molecule has 0 bridgehead atoms. The van der Waals surface area contributed by atoms with Crippen LogP contribution in [-0.4, -0.2) is 46.6 Å². The van der Waals surface area contributed by atoms with Crippen LogP contribution < -0.4 is 0 Å². The molecule has 1 saturated heterocycles. The number of hydrogen-bond donors (Lipinski definition) is 0. The van der Waals surface area contributed by atoms with Crippen LogP contribution in [0, 0.1) is 5.41 Å². The average molecular weight is 277 g/mol. The minimum atomic E-state index is 0.0617. The SMILES string of the molecule is CC(C)(C)[C@H]1CN(C(=O)CCc2cncnc2)CCO1. The van der Waals surface area contributed by atoms with Crippen LogP contribution in [-0.2, 0) is 16.0 Å². The number of aromatic nitrogens is 2. The van der Waals surface area contributed by atoms with Crippen molar-refractivity contribution < 1.29 is 9.53 Å². The van der Waals surface area contributed by atoms with Gasteiger partial charge in [-0.15, -0.1) is 0 Å². The van der Waals surface area contributed by atoms with E-state index in [2.05, 4.69) is 30.7 Å². The lowest BCUT2D eigenvalue weighted by atomic mass is 9.88. The maximum atomic E-state index is 12.3. The molecule has 0 aromatic carbocycles. The fourth-order valence-corrected chi connectivity index (χ4v) is 2.27. The van der Waals surface area contributed by atoms with E-state index in [1.54, 1.807) is 12.4 Å². The first kappa shape index (κ1) is 14.9. The monoisotopic (exact) mass is 277 g/mol. The standard InChI is InChI=1S/C15H23N3O2/c1-15(2,3)13-10-18(6-7-20-13)14(19)5-4-12-8-16-11-17-9-12/h8-9,11,13H,4-7,10H2,1-3H3/t13-/m1/s1. The third-order valence-corrected chi connectivity index (χ3v) is 3.63. The zero-order valence-corrected chi connectivity index (χ0v) is 12.5. The molecular formula is C15H23N3O2. The molecule has 0 spiro atoms. The third kappa shape index (κ3) is 4.00. The second-order valence-electron chi connectivity index (χ2n) is 6.31. The van der Waals surface area contributed by atoms with Gasteiger partial charge in [0, 0.05) is 31.9 Å². The molecule has 1 aliphatic rings. The van der Waals surface area contributed by atoms with Crippen molar-refractivity contribution in [3.8, 4) is 0 Å². The fourth-order valence-electron chi connectivity index (χ4n) is 2.27. The smallest absolute Gasteiger partial charge is 0.223 e. The van der Waals surface area contributed by atoms with Crippen LogP contribution in [0.15, 0.2) is 18.7 Å². The largest absolute Gasteiger partial charge is 0.374 e. The summed E-state index contributed by atoms with van der Waals surface area (Å²) >= 11 is 0. The summed E-state index contributed by atoms with van der Waals surface area (Å²) in [4.78, 5) is 22.1. The Morgan fingerprint density at radius 1 is 1.40 bits per heavy atom. The lowest BCUT2D eigenvalue weighted by Gasteiger charge is -2.39. The van der Waals surface area contributed by atoms with Gasteiger partial charge in [0.2, 0.25) is 5.91 Å². The first-order valence-corrected chi connectivity index (χ1v) is 7.10. The minimum Gasteiger partial charge on any atom is -0.374 e. The number of ether oxygens (including phenoxy) is 1. The molecule has 20 heavy (non-hydrogen) atoms. The molecule has 0 unspecified atom stereocenters. The molecule has 1 aromatic rings. The van der Waals surface area contributed by atoms with Crippen LogP contribution in [0.25, 0.3) is 0 Å². The number of carbonyl (C=O) groups is 1. The Bertz CT molecular complexity index is 442. The summed E-state index contributed by atoms with van der Waals surface area (Å²) in [7, 11) is 0. The minimum absolute atomic E-state index is 0.0617. The number of amides is 1. The van der Waals surface area contributed by atoms with E-state index in [-0.39, 0.29) is 17.4 Å². The average Bonchev–Trinajstić information content (AvgIpc) is 2.45. The summed E-state index contributed by atoms with van der Waals surface area (Å²) in [5.74, 6) is 0.186. The lowest BCUT2D eigenvalue weighted by molar-refractivity contribution is -0.143. The van der Waals surface area contributed by atoms with Gasteiger partial charge in [0.25, 0.3) is 0 Å². The number of aryl methyl sites for hydroxylation is 1. The summed E-state index contributed by atoms with van der Waals surface area (Å²) in [6.45, 7) is 8.44. The molecule has 1 aliphatic heterocycles. The second-order valence-corrected chi connectivity index (χ2v) is 6.31. The van der Waals surface area contributed by atoms with Crippen molar-refractivity contribution in [2.45, 2.75) is 39.7 Å². The Hall–Kier alpha value is -1.49. The van der Waals surface area contributed by atoms with Crippen LogP contribution in [0.3, 0.4) is 0 Å². The van der Waals surface area contributed by atoms with Crippen molar-refractivity contribution in [3.63, 3.8) is 0 Å². The summed E-state index contributed by atoms with van der Waals surface area (Å²) in [6, 6.07) is 0. The van der Waals surface area contributed by atoms with E-state index < -0.39 is 0 Å². The molecule has 1 fully saturated rings. The van der Waals surface area contributed by atoms with Crippen LogP contribution in [0.2, 0.25) is 0 Å². The highest BCUT2D eigenvalue weighted by Crippen LogP contribution is 2.25. The normalized spacial score (nSPS) is 19.9. The molecule has 1 aromatic heterocycles. The molecule has 5 nitrogen and oxygen atoms in total. The molecular weight excluding hydrogens is 254 g/mol. The van der Waals surface area contributed by atoms with Gasteiger partial charge in [-0.1, -0.05) is 20.8 Å². The Kier molecular flexibility index (Phi) is 4.70. The molecule has 110 valence electrons. The van der Waals surface area contributed by atoms with Gasteiger partial charge in [-0.05, 0) is 17.4 Å². The Balaban J connectivity index is 1.86. The van der Waals surface area contributed by atoms with Crippen molar-refractivity contribution in [1.29, 1.82) is 0 Å². The highest BCUT2D eigenvalue weighted by Gasteiger charge is 2.32. The topological polar surface area (TPSA) is 55.3 Å². The number of nitrogens with zero attached hydrogens (tertiary/aromatic N) is 3. The quantitative estimate of drug-likeness (QED) is 0.843. The van der Waals surface area contributed by atoms with Gasteiger partial charge in [-0.3, -0.25) is 4.79 Å². The molecule has 1 atom stereocenters. The van der Waals surface area contributed by atoms with Crippen LogP contribution >= 0.6 is 0 Å². The van der Waals surface area contributed by atoms with Gasteiger partial charge in [0.15, 0.2) is 0 Å². The van der Waals surface area contributed by atoms with Gasteiger partial charge in [-0.2, -0.15) is 0 Å². The van der Waals surface area contributed by atoms with E-state index >= 15 is 0 Å². The molecule has 0 saturated carbocycles. The van der Waals surface area contributed by atoms with Gasteiger partial charge < -0.3 is 9.64 Å². The van der Waals surface area contributed by atoms with Gasteiger partial charge in [-0.25, -0.2) is 9.97 Å². The molecule has 1 amide bonds. The van der Waals surface area contributed by atoms with Crippen molar-refractivity contribution in [2.24, 2.45) is 5.41 Å². The third-order valence-electron chi connectivity index (χ3n) is 3.63. The maximum absolute atomic E-state index is 12.3. The van der Waals surface area contributed by atoms with Crippen LogP contribution in [0.1, 0.15) is 32.8 Å². The van der Waals surface area contributed by atoms with Gasteiger partial charge in [0.1, 0.15) is 6.33 Å². The van der Waals surface area contributed by atoms with Crippen LogP contribution in [0.4, 0.5) is 0 Å².